The number of benzene rings is 2. The second kappa shape index (κ2) is 9.11. The lowest BCUT2D eigenvalue weighted by molar-refractivity contribution is -0.136. The van der Waals surface area contributed by atoms with Crippen LogP contribution in [0.5, 0.6) is 0 Å². The molecule has 3 aromatic rings. The van der Waals surface area contributed by atoms with Crippen LogP contribution in [0.1, 0.15) is 40.5 Å². The van der Waals surface area contributed by atoms with Gasteiger partial charge in [0.2, 0.25) is 0 Å². The molecule has 5 rings (SSSR count). The van der Waals surface area contributed by atoms with Gasteiger partial charge in [0.05, 0.1) is 21.8 Å². The van der Waals surface area contributed by atoms with Crippen LogP contribution in [-0.2, 0) is 16.0 Å². The molecule has 0 saturated carbocycles. The van der Waals surface area contributed by atoms with Gasteiger partial charge in [-0.3, -0.25) is 9.69 Å². The van der Waals surface area contributed by atoms with Crippen LogP contribution >= 0.6 is 11.6 Å². The molecule has 3 amide bonds. The van der Waals surface area contributed by atoms with Crippen molar-refractivity contribution in [2.75, 3.05) is 13.1 Å². The molecule has 0 radical (unpaired) electrons. The van der Waals surface area contributed by atoms with E-state index < -0.39 is 29.8 Å². The summed E-state index contributed by atoms with van der Waals surface area (Å²) in [5.41, 5.74) is 3.16. The number of urea groups is 1. The molecule has 1 saturated heterocycles. The standard InChI is InChI=1S/C26H21ClFN3O4/c1-14(24(32)31-12-11-29-26(31)34)35-25(33)22-16-5-2-3-8-21(16)30-23-15(9-10-17(22)23)13-18-19(27)6-4-7-20(18)28/h2-8,13-14H,9-12H2,1H3,(H,29,34)/b15-13+. The molecule has 2 aliphatic rings. The summed E-state index contributed by atoms with van der Waals surface area (Å²) in [6.07, 6.45) is 1.54. The SMILES string of the molecule is CC(OC(=O)c1c2c(nc3ccccc13)/C(=C/c1c(F)cccc1Cl)CC2)C(=O)N1CCNC1=O. The fraction of sp³-hybridized carbons (Fsp3) is 0.231. The first-order valence-electron chi connectivity index (χ1n) is 11.2. The molecule has 2 aromatic carbocycles. The average Bonchev–Trinajstić information content (AvgIpc) is 3.45. The molecule has 35 heavy (non-hydrogen) atoms. The summed E-state index contributed by atoms with van der Waals surface area (Å²) in [4.78, 5) is 43.7. The molecule has 1 N–H and O–H groups in total. The second-order valence-electron chi connectivity index (χ2n) is 8.41. The van der Waals surface area contributed by atoms with Gasteiger partial charge in [-0.2, -0.15) is 0 Å². The van der Waals surface area contributed by atoms with Crippen LogP contribution < -0.4 is 5.32 Å². The van der Waals surface area contributed by atoms with E-state index in [1.165, 1.54) is 19.1 Å². The molecule has 2 heterocycles. The highest BCUT2D eigenvalue weighted by atomic mass is 35.5. The van der Waals surface area contributed by atoms with E-state index in [0.29, 0.717) is 47.1 Å². The number of hydrogen-bond acceptors (Lipinski definition) is 5. The van der Waals surface area contributed by atoms with Gasteiger partial charge in [-0.15, -0.1) is 0 Å². The van der Waals surface area contributed by atoms with Crippen LogP contribution in [-0.4, -0.2) is 47.0 Å². The Kier molecular flexibility index (Phi) is 5.98. The zero-order valence-electron chi connectivity index (χ0n) is 18.8. The molecule has 0 spiro atoms. The quantitative estimate of drug-likeness (QED) is 0.536. The number of nitrogens with one attached hydrogen (secondary N) is 1. The van der Waals surface area contributed by atoms with Crippen molar-refractivity contribution in [3.05, 3.63) is 75.7 Å². The Hall–Kier alpha value is -3.78. The zero-order valence-corrected chi connectivity index (χ0v) is 19.6. The molecule has 1 unspecified atom stereocenters. The number of halogens is 2. The number of carbonyl (C=O) groups excluding carboxylic acids is 3. The first kappa shape index (κ1) is 23.0. The molecule has 1 aliphatic carbocycles. The summed E-state index contributed by atoms with van der Waals surface area (Å²) in [5, 5.41) is 3.44. The maximum atomic E-state index is 14.4. The lowest BCUT2D eigenvalue weighted by Crippen LogP contribution is -2.41. The predicted molar refractivity (Wildman–Crippen MR) is 129 cm³/mol. The van der Waals surface area contributed by atoms with Crippen molar-refractivity contribution in [3.8, 4) is 0 Å². The molecular weight excluding hydrogens is 473 g/mol. The van der Waals surface area contributed by atoms with Crippen LogP contribution in [0.4, 0.5) is 9.18 Å². The lowest BCUT2D eigenvalue weighted by Gasteiger charge is -2.19. The van der Waals surface area contributed by atoms with Crippen LogP contribution in [0.25, 0.3) is 22.6 Å². The summed E-state index contributed by atoms with van der Waals surface area (Å²) in [6, 6.07) is 11.1. The number of hydrogen-bond donors (Lipinski definition) is 1. The summed E-state index contributed by atoms with van der Waals surface area (Å²) in [6.45, 7) is 2.02. The van der Waals surface area contributed by atoms with E-state index in [1.54, 1.807) is 36.4 Å². The first-order valence-corrected chi connectivity index (χ1v) is 11.6. The number of amides is 3. The highest BCUT2D eigenvalue weighted by Gasteiger charge is 2.34. The third-order valence-corrected chi connectivity index (χ3v) is 6.55. The third-order valence-electron chi connectivity index (χ3n) is 6.22. The zero-order chi connectivity index (χ0) is 24.7. The smallest absolute Gasteiger partial charge is 0.339 e. The lowest BCUT2D eigenvalue weighted by atomic mass is 10.0. The number of para-hydroxylation sites is 1. The highest BCUT2D eigenvalue weighted by molar-refractivity contribution is 6.32. The number of fused-ring (bicyclic) bond motifs is 2. The first-order chi connectivity index (χ1) is 16.8. The summed E-state index contributed by atoms with van der Waals surface area (Å²) in [5.74, 6) is -1.71. The Bertz CT molecular complexity index is 1400. The van der Waals surface area contributed by atoms with E-state index in [9.17, 15) is 18.8 Å². The van der Waals surface area contributed by atoms with Gasteiger partial charge >= 0.3 is 12.0 Å². The fourth-order valence-electron chi connectivity index (χ4n) is 4.51. The topological polar surface area (TPSA) is 88.6 Å². The van der Waals surface area contributed by atoms with Gasteiger partial charge in [0.15, 0.2) is 6.10 Å². The number of carbonyl (C=O) groups is 3. The van der Waals surface area contributed by atoms with Gasteiger partial charge in [-0.05, 0) is 55.2 Å². The molecule has 1 aliphatic heterocycles. The van der Waals surface area contributed by atoms with Gasteiger partial charge < -0.3 is 10.1 Å². The van der Waals surface area contributed by atoms with Crippen molar-refractivity contribution < 1.29 is 23.5 Å². The summed E-state index contributed by atoms with van der Waals surface area (Å²) >= 11 is 6.22. The van der Waals surface area contributed by atoms with Crippen molar-refractivity contribution in [1.29, 1.82) is 0 Å². The highest BCUT2D eigenvalue weighted by Crippen LogP contribution is 2.39. The maximum absolute atomic E-state index is 14.4. The minimum atomic E-state index is -1.15. The van der Waals surface area contributed by atoms with E-state index >= 15 is 0 Å². The Morgan fingerprint density at radius 3 is 2.74 bits per heavy atom. The molecular formula is C26H21ClFN3O4. The largest absolute Gasteiger partial charge is 0.449 e. The molecule has 1 fully saturated rings. The number of nitrogens with zero attached hydrogens (tertiary/aromatic N) is 2. The monoisotopic (exact) mass is 493 g/mol. The Balaban J connectivity index is 1.54. The van der Waals surface area contributed by atoms with E-state index in [2.05, 4.69) is 5.32 Å². The van der Waals surface area contributed by atoms with Crippen molar-refractivity contribution in [2.45, 2.75) is 25.9 Å². The minimum Gasteiger partial charge on any atom is -0.449 e. The van der Waals surface area contributed by atoms with E-state index in [4.69, 9.17) is 21.3 Å². The number of allylic oxidation sites excluding steroid dienone is 1. The van der Waals surface area contributed by atoms with Crippen molar-refractivity contribution in [3.63, 3.8) is 0 Å². The number of esters is 1. The van der Waals surface area contributed by atoms with Gasteiger partial charge in [0.1, 0.15) is 5.82 Å². The van der Waals surface area contributed by atoms with E-state index in [1.807, 2.05) is 0 Å². The van der Waals surface area contributed by atoms with Gasteiger partial charge in [-0.1, -0.05) is 35.9 Å². The van der Waals surface area contributed by atoms with Gasteiger partial charge in [0, 0.05) is 24.0 Å². The van der Waals surface area contributed by atoms with Gasteiger partial charge in [-0.25, -0.2) is 19.0 Å². The molecule has 7 nitrogen and oxygen atoms in total. The van der Waals surface area contributed by atoms with Crippen molar-refractivity contribution >= 4 is 52.1 Å². The minimum absolute atomic E-state index is 0.222. The van der Waals surface area contributed by atoms with Crippen molar-refractivity contribution in [2.24, 2.45) is 0 Å². The second-order valence-corrected chi connectivity index (χ2v) is 8.81. The maximum Gasteiger partial charge on any atom is 0.339 e. The van der Waals surface area contributed by atoms with Crippen LogP contribution in [0, 0.1) is 5.82 Å². The number of imide groups is 1. The fourth-order valence-corrected chi connectivity index (χ4v) is 4.72. The van der Waals surface area contributed by atoms with Crippen LogP contribution in [0.3, 0.4) is 0 Å². The molecule has 0 bridgehead atoms. The number of rotatable bonds is 4. The van der Waals surface area contributed by atoms with Crippen LogP contribution in [0.15, 0.2) is 42.5 Å². The summed E-state index contributed by atoms with van der Waals surface area (Å²) < 4.78 is 20.0. The predicted octanol–water partition coefficient (Wildman–Crippen LogP) is 4.61. The Morgan fingerprint density at radius 2 is 2.00 bits per heavy atom. The van der Waals surface area contributed by atoms with E-state index in [-0.39, 0.29) is 17.1 Å². The Morgan fingerprint density at radius 1 is 1.20 bits per heavy atom. The molecule has 9 heteroatoms. The third kappa shape index (κ3) is 4.14. The van der Waals surface area contributed by atoms with Crippen LogP contribution in [0.2, 0.25) is 5.02 Å². The molecule has 1 aromatic heterocycles. The Labute approximate surface area is 205 Å². The van der Waals surface area contributed by atoms with Gasteiger partial charge in [0.25, 0.3) is 5.91 Å². The number of aromatic nitrogens is 1. The van der Waals surface area contributed by atoms with Crippen molar-refractivity contribution in [1.82, 2.24) is 15.2 Å². The number of pyridine rings is 1. The number of ether oxygens (including phenoxy) is 1. The molecule has 178 valence electrons. The molecule has 1 atom stereocenters. The summed E-state index contributed by atoms with van der Waals surface area (Å²) in [7, 11) is 0. The average molecular weight is 494 g/mol. The normalized spacial score (nSPS) is 16.9. The van der Waals surface area contributed by atoms with E-state index in [0.717, 1.165) is 10.5 Å².